The summed E-state index contributed by atoms with van der Waals surface area (Å²) in [6, 6.07) is 0.296. The summed E-state index contributed by atoms with van der Waals surface area (Å²) in [6.45, 7) is 11.7. The lowest BCUT2D eigenvalue weighted by atomic mass is 9.49. The molecule has 1 amide bonds. The number of amides is 1. The van der Waals surface area contributed by atoms with Crippen molar-refractivity contribution in [2.24, 2.45) is 23.0 Å². The zero-order chi connectivity index (χ0) is 14.4. The van der Waals surface area contributed by atoms with Crippen molar-refractivity contribution < 1.29 is 9.53 Å². The predicted molar refractivity (Wildman–Crippen MR) is 75.8 cm³/mol. The average molecular weight is 268 g/mol. The zero-order valence-electron chi connectivity index (χ0n) is 12.9. The summed E-state index contributed by atoms with van der Waals surface area (Å²) in [5.74, 6) is 1.09. The minimum atomic E-state index is -0.425. The molecule has 1 aliphatic carbocycles. The highest BCUT2D eigenvalue weighted by Gasteiger charge is 2.59. The monoisotopic (exact) mass is 268 g/mol. The Bertz CT molecular complexity index is 360. The van der Waals surface area contributed by atoms with E-state index in [0.717, 1.165) is 19.5 Å². The smallest absolute Gasteiger partial charge is 0.410 e. The molecule has 0 aromatic carbocycles. The Hall–Kier alpha value is -0.770. The molecule has 1 aliphatic heterocycles. The highest BCUT2D eigenvalue weighted by molar-refractivity contribution is 5.69. The molecular weight excluding hydrogens is 240 g/mol. The molecule has 3 atom stereocenters. The summed E-state index contributed by atoms with van der Waals surface area (Å²) in [7, 11) is 0. The van der Waals surface area contributed by atoms with E-state index in [1.165, 1.54) is 6.42 Å². The Morgan fingerprint density at radius 2 is 2.05 bits per heavy atom. The third-order valence-corrected chi connectivity index (χ3v) is 4.79. The quantitative estimate of drug-likeness (QED) is 0.795. The van der Waals surface area contributed by atoms with Crippen LogP contribution in [0, 0.1) is 17.3 Å². The average Bonchev–Trinajstić information content (AvgIpc) is 2.26. The van der Waals surface area contributed by atoms with E-state index in [9.17, 15) is 4.79 Å². The Morgan fingerprint density at radius 1 is 1.42 bits per heavy atom. The van der Waals surface area contributed by atoms with E-state index in [4.69, 9.17) is 10.5 Å². The van der Waals surface area contributed by atoms with E-state index in [2.05, 4.69) is 13.8 Å². The van der Waals surface area contributed by atoms with Gasteiger partial charge in [0.1, 0.15) is 5.60 Å². The molecule has 0 unspecified atom stereocenters. The van der Waals surface area contributed by atoms with E-state index in [1.807, 2.05) is 25.7 Å². The van der Waals surface area contributed by atoms with Crippen molar-refractivity contribution in [1.82, 2.24) is 4.90 Å². The number of carbonyl (C=O) groups is 1. The molecule has 0 spiro atoms. The van der Waals surface area contributed by atoms with Crippen LogP contribution >= 0.6 is 0 Å². The summed E-state index contributed by atoms with van der Waals surface area (Å²) in [4.78, 5) is 14.3. The molecule has 2 rings (SSSR count). The van der Waals surface area contributed by atoms with Crippen molar-refractivity contribution >= 4 is 6.09 Å². The SMILES string of the molecule is CC(C)(C)OC(=O)N1CCC[C@H]2[C@H]1C(C)(C)[C@H]2CN. The number of likely N-dealkylation sites (tertiary alicyclic amines) is 1. The number of carbonyl (C=O) groups excluding carboxylic acids is 1. The van der Waals surface area contributed by atoms with Gasteiger partial charge in [0.05, 0.1) is 0 Å². The van der Waals surface area contributed by atoms with E-state index in [-0.39, 0.29) is 11.5 Å². The van der Waals surface area contributed by atoms with E-state index < -0.39 is 5.60 Å². The fourth-order valence-electron chi connectivity index (χ4n) is 4.06. The molecule has 0 aromatic rings. The van der Waals surface area contributed by atoms with Crippen LogP contribution in [0.2, 0.25) is 0 Å². The van der Waals surface area contributed by atoms with Crippen LogP contribution in [-0.2, 0) is 4.74 Å². The third-order valence-electron chi connectivity index (χ3n) is 4.79. The maximum Gasteiger partial charge on any atom is 0.410 e. The second-order valence-corrected chi connectivity index (χ2v) is 7.59. The van der Waals surface area contributed by atoms with Crippen LogP contribution in [-0.4, -0.2) is 35.7 Å². The lowest BCUT2D eigenvalue weighted by Crippen LogP contribution is -2.70. The van der Waals surface area contributed by atoms with Gasteiger partial charge >= 0.3 is 6.09 Å². The first kappa shape index (κ1) is 14.6. The fourth-order valence-corrected chi connectivity index (χ4v) is 4.06. The van der Waals surface area contributed by atoms with Crippen LogP contribution in [0.1, 0.15) is 47.5 Å². The topological polar surface area (TPSA) is 55.6 Å². The van der Waals surface area contributed by atoms with Gasteiger partial charge in [0.2, 0.25) is 0 Å². The van der Waals surface area contributed by atoms with Gasteiger partial charge in [-0.3, -0.25) is 0 Å². The van der Waals surface area contributed by atoms with E-state index in [1.54, 1.807) is 0 Å². The lowest BCUT2D eigenvalue weighted by molar-refractivity contribution is -0.139. The number of nitrogens with zero attached hydrogens (tertiary/aromatic N) is 1. The maximum absolute atomic E-state index is 12.4. The number of hydrogen-bond donors (Lipinski definition) is 1. The first-order chi connectivity index (χ1) is 8.68. The summed E-state index contributed by atoms with van der Waals surface area (Å²) in [5.41, 5.74) is 5.59. The number of hydrogen-bond acceptors (Lipinski definition) is 3. The second-order valence-electron chi connectivity index (χ2n) is 7.59. The highest BCUT2D eigenvalue weighted by Crippen LogP contribution is 2.56. The van der Waals surface area contributed by atoms with Crippen molar-refractivity contribution in [3.63, 3.8) is 0 Å². The van der Waals surface area contributed by atoms with Gasteiger partial charge in [-0.25, -0.2) is 4.79 Å². The van der Waals surface area contributed by atoms with Crippen LogP contribution in [0.3, 0.4) is 0 Å². The molecule has 19 heavy (non-hydrogen) atoms. The molecule has 0 bridgehead atoms. The molecular formula is C15H28N2O2. The lowest BCUT2D eigenvalue weighted by Gasteiger charge is -2.63. The molecule has 1 heterocycles. The Morgan fingerprint density at radius 3 is 2.58 bits per heavy atom. The molecule has 0 aromatic heterocycles. The Labute approximate surface area is 116 Å². The van der Waals surface area contributed by atoms with E-state index >= 15 is 0 Å². The standard InChI is InChI=1S/C15H28N2O2/c1-14(2,3)19-13(18)17-8-6-7-10-11(9-16)15(4,5)12(10)17/h10-12H,6-9,16H2,1-5H3/t10-,11+,12+/m1/s1. The number of ether oxygens (including phenoxy) is 1. The summed E-state index contributed by atoms with van der Waals surface area (Å²) >= 11 is 0. The van der Waals surface area contributed by atoms with Crippen LogP contribution in [0.25, 0.3) is 0 Å². The van der Waals surface area contributed by atoms with Gasteiger partial charge in [-0.2, -0.15) is 0 Å². The molecule has 2 fully saturated rings. The van der Waals surface area contributed by atoms with Crippen molar-refractivity contribution in [2.45, 2.75) is 59.1 Å². The third kappa shape index (κ3) is 2.47. The first-order valence-electron chi connectivity index (χ1n) is 7.38. The van der Waals surface area contributed by atoms with Crippen molar-refractivity contribution in [1.29, 1.82) is 0 Å². The number of piperidine rings is 1. The first-order valence-corrected chi connectivity index (χ1v) is 7.38. The molecule has 0 radical (unpaired) electrons. The zero-order valence-corrected chi connectivity index (χ0v) is 12.9. The summed E-state index contributed by atoms with van der Waals surface area (Å²) in [6.07, 6.45) is 2.09. The van der Waals surface area contributed by atoms with Gasteiger partial charge in [-0.05, 0) is 57.4 Å². The normalized spacial score (nSPS) is 33.4. The van der Waals surface area contributed by atoms with Crippen LogP contribution in [0.5, 0.6) is 0 Å². The number of fused-ring (bicyclic) bond motifs is 1. The summed E-state index contributed by atoms with van der Waals surface area (Å²) in [5, 5.41) is 0. The Kier molecular flexibility index (Phi) is 3.58. The van der Waals surface area contributed by atoms with E-state index in [0.29, 0.717) is 17.9 Å². The van der Waals surface area contributed by atoms with Gasteiger partial charge in [0.15, 0.2) is 0 Å². The predicted octanol–water partition coefficient (Wildman–Crippen LogP) is 2.62. The number of nitrogens with two attached hydrogens (primary N) is 1. The largest absolute Gasteiger partial charge is 0.444 e. The van der Waals surface area contributed by atoms with Gasteiger partial charge in [0.25, 0.3) is 0 Å². The maximum atomic E-state index is 12.4. The highest BCUT2D eigenvalue weighted by atomic mass is 16.6. The van der Waals surface area contributed by atoms with Gasteiger partial charge in [-0.1, -0.05) is 13.8 Å². The second kappa shape index (κ2) is 4.65. The van der Waals surface area contributed by atoms with Crippen molar-refractivity contribution in [3.05, 3.63) is 0 Å². The summed E-state index contributed by atoms with van der Waals surface area (Å²) < 4.78 is 5.55. The molecule has 1 saturated heterocycles. The van der Waals surface area contributed by atoms with Crippen LogP contribution in [0.15, 0.2) is 0 Å². The molecule has 110 valence electrons. The number of rotatable bonds is 1. The Balaban J connectivity index is 2.12. The van der Waals surface area contributed by atoms with Crippen molar-refractivity contribution in [3.8, 4) is 0 Å². The van der Waals surface area contributed by atoms with Crippen LogP contribution in [0.4, 0.5) is 4.79 Å². The molecule has 4 nitrogen and oxygen atoms in total. The fraction of sp³-hybridized carbons (Fsp3) is 0.933. The molecule has 2 N–H and O–H groups in total. The molecule has 4 heteroatoms. The van der Waals surface area contributed by atoms with Crippen molar-refractivity contribution in [2.75, 3.05) is 13.1 Å². The molecule has 1 saturated carbocycles. The minimum Gasteiger partial charge on any atom is -0.444 e. The van der Waals surface area contributed by atoms with Gasteiger partial charge < -0.3 is 15.4 Å². The molecule has 2 aliphatic rings. The minimum absolute atomic E-state index is 0.108. The van der Waals surface area contributed by atoms with Gasteiger partial charge in [0, 0.05) is 12.6 Å². The van der Waals surface area contributed by atoms with Gasteiger partial charge in [-0.15, -0.1) is 0 Å². The van der Waals surface area contributed by atoms with Crippen LogP contribution < -0.4 is 5.73 Å².